The number of hydrogen-bond donors (Lipinski definition) is 1. The molecule has 11 heteroatoms. The Morgan fingerprint density at radius 1 is 1.06 bits per heavy atom. The first kappa shape index (κ1) is 21.7. The van der Waals surface area contributed by atoms with Crippen LogP contribution in [-0.2, 0) is 27.1 Å². The summed E-state index contributed by atoms with van der Waals surface area (Å²) in [6, 6.07) is 15.7. The molecule has 0 aliphatic rings. The van der Waals surface area contributed by atoms with Gasteiger partial charge in [0.05, 0.1) is 11.1 Å². The van der Waals surface area contributed by atoms with Gasteiger partial charge in [-0.25, -0.2) is 10.2 Å². The Labute approximate surface area is 187 Å². The Bertz CT molecular complexity index is 1470. The average Bonchev–Trinajstić information content (AvgIpc) is 3.19. The first-order chi connectivity index (χ1) is 15.9. The normalized spacial score (nSPS) is 11.3. The van der Waals surface area contributed by atoms with Crippen LogP contribution in [0.4, 0.5) is 11.6 Å². The van der Waals surface area contributed by atoms with Gasteiger partial charge < -0.3 is 4.57 Å². The van der Waals surface area contributed by atoms with Crippen molar-refractivity contribution in [1.29, 1.82) is 0 Å². The lowest BCUT2D eigenvalue weighted by atomic mass is 10.1. The molecule has 0 aliphatic heterocycles. The van der Waals surface area contributed by atoms with Crippen molar-refractivity contribution in [3.8, 4) is 0 Å². The minimum absolute atomic E-state index is 0.0143. The molecule has 0 saturated heterocycles. The van der Waals surface area contributed by atoms with Gasteiger partial charge in [-0.3, -0.25) is 24.0 Å². The van der Waals surface area contributed by atoms with Gasteiger partial charge in [0.15, 0.2) is 11.2 Å². The van der Waals surface area contributed by atoms with Crippen LogP contribution in [0.3, 0.4) is 0 Å². The third-order valence-corrected chi connectivity index (χ3v) is 5.30. The van der Waals surface area contributed by atoms with E-state index >= 15 is 0 Å². The van der Waals surface area contributed by atoms with Crippen molar-refractivity contribution < 1.29 is 4.92 Å². The van der Waals surface area contributed by atoms with E-state index in [1.54, 1.807) is 23.7 Å². The average molecular weight is 447 g/mol. The minimum atomic E-state index is -0.473. The molecule has 11 nitrogen and oxygen atoms in total. The summed E-state index contributed by atoms with van der Waals surface area (Å²) in [7, 11) is 2.99. The fourth-order valence-electron chi connectivity index (χ4n) is 3.48. The molecule has 4 rings (SSSR count). The molecular weight excluding hydrogens is 426 g/mol. The highest BCUT2D eigenvalue weighted by Crippen LogP contribution is 2.17. The standard InChI is InChI=1S/C22H21N7O4/c1-26-19-18(20(30)27(2)22(26)31)28(13-12-15-6-4-3-5-7-15)21(24-19)25-23-14-16-8-10-17(11-9-16)29(32)33/h3-11,14H,12-13H2,1-2H3,(H,24,25). The summed E-state index contributed by atoms with van der Waals surface area (Å²) in [5, 5.41) is 15.0. The molecule has 168 valence electrons. The number of nitrogens with one attached hydrogen (secondary N) is 1. The largest absolute Gasteiger partial charge is 0.332 e. The van der Waals surface area contributed by atoms with E-state index < -0.39 is 16.2 Å². The quantitative estimate of drug-likeness (QED) is 0.262. The molecule has 0 radical (unpaired) electrons. The molecule has 2 heterocycles. The van der Waals surface area contributed by atoms with Crippen LogP contribution in [0.1, 0.15) is 11.1 Å². The van der Waals surface area contributed by atoms with Crippen LogP contribution in [0.2, 0.25) is 0 Å². The second-order valence-corrected chi connectivity index (χ2v) is 7.42. The van der Waals surface area contributed by atoms with Crippen molar-refractivity contribution in [3.05, 3.63) is 96.7 Å². The van der Waals surface area contributed by atoms with Gasteiger partial charge in [0.25, 0.3) is 11.2 Å². The van der Waals surface area contributed by atoms with E-state index in [9.17, 15) is 19.7 Å². The Hall–Kier alpha value is -4.54. The van der Waals surface area contributed by atoms with Crippen molar-refractivity contribution in [1.82, 2.24) is 18.7 Å². The number of anilines is 1. The lowest BCUT2D eigenvalue weighted by Crippen LogP contribution is -2.37. The van der Waals surface area contributed by atoms with E-state index in [4.69, 9.17) is 0 Å². The molecular formula is C22H21N7O4. The highest BCUT2D eigenvalue weighted by Gasteiger charge is 2.19. The van der Waals surface area contributed by atoms with Crippen LogP contribution in [-0.4, -0.2) is 29.8 Å². The maximum Gasteiger partial charge on any atom is 0.332 e. The summed E-state index contributed by atoms with van der Waals surface area (Å²) in [5.41, 5.74) is 4.19. The van der Waals surface area contributed by atoms with Gasteiger partial charge in [-0.15, -0.1) is 0 Å². The molecule has 4 aromatic rings. The molecule has 0 saturated carbocycles. The number of nitro groups is 1. The van der Waals surface area contributed by atoms with Crippen LogP contribution in [0, 0.1) is 10.1 Å². The number of imidazole rings is 1. The van der Waals surface area contributed by atoms with Crippen molar-refractivity contribution in [3.63, 3.8) is 0 Å². The Balaban J connectivity index is 1.70. The van der Waals surface area contributed by atoms with Gasteiger partial charge in [0.2, 0.25) is 5.95 Å². The summed E-state index contributed by atoms with van der Waals surface area (Å²) < 4.78 is 4.07. The number of hydrogen-bond acceptors (Lipinski definition) is 7. The van der Waals surface area contributed by atoms with Gasteiger partial charge in [0, 0.05) is 32.8 Å². The van der Waals surface area contributed by atoms with Crippen LogP contribution in [0.25, 0.3) is 11.2 Å². The van der Waals surface area contributed by atoms with E-state index in [1.165, 1.54) is 30.0 Å². The van der Waals surface area contributed by atoms with E-state index in [2.05, 4.69) is 15.5 Å². The number of aryl methyl sites for hydroxylation is 3. The number of aromatic nitrogens is 4. The zero-order chi connectivity index (χ0) is 23.5. The van der Waals surface area contributed by atoms with Gasteiger partial charge in [-0.2, -0.15) is 10.1 Å². The number of benzene rings is 2. The van der Waals surface area contributed by atoms with Gasteiger partial charge in [-0.05, 0) is 29.7 Å². The smallest absolute Gasteiger partial charge is 0.303 e. The lowest BCUT2D eigenvalue weighted by Gasteiger charge is -2.09. The molecule has 0 bridgehead atoms. The van der Waals surface area contributed by atoms with Crippen molar-refractivity contribution in [2.24, 2.45) is 19.2 Å². The first-order valence-electron chi connectivity index (χ1n) is 10.1. The first-order valence-corrected chi connectivity index (χ1v) is 10.1. The topological polar surface area (TPSA) is 129 Å². The second kappa shape index (κ2) is 8.91. The SMILES string of the molecule is Cn1c(=O)c2c(nc(NN=Cc3ccc([N+](=O)[O-])cc3)n2CCc2ccccc2)n(C)c1=O. The summed E-state index contributed by atoms with van der Waals surface area (Å²) in [5.74, 6) is 0.303. The minimum Gasteiger partial charge on any atom is -0.303 e. The van der Waals surface area contributed by atoms with Gasteiger partial charge in [-0.1, -0.05) is 30.3 Å². The van der Waals surface area contributed by atoms with Crippen LogP contribution in [0.5, 0.6) is 0 Å². The van der Waals surface area contributed by atoms with Crippen molar-refractivity contribution in [2.75, 3.05) is 5.43 Å². The zero-order valence-electron chi connectivity index (χ0n) is 18.0. The number of non-ortho nitro benzene ring substituents is 1. The Morgan fingerprint density at radius 3 is 2.42 bits per heavy atom. The fraction of sp³-hybridized carbons (Fsp3) is 0.182. The number of rotatable bonds is 7. The fourth-order valence-corrected chi connectivity index (χ4v) is 3.48. The van der Waals surface area contributed by atoms with E-state index in [-0.39, 0.29) is 11.3 Å². The van der Waals surface area contributed by atoms with Crippen LogP contribution >= 0.6 is 0 Å². The molecule has 0 unspecified atom stereocenters. The van der Waals surface area contributed by atoms with Crippen molar-refractivity contribution >= 4 is 29.0 Å². The highest BCUT2D eigenvalue weighted by atomic mass is 16.6. The zero-order valence-corrected chi connectivity index (χ0v) is 18.0. The molecule has 0 spiro atoms. The maximum absolute atomic E-state index is 12.9. The molecule has 0 aliphatic carbocycles. The third kappa shape index (κ3) is 4.28. The molecule has 33 heavy (non-hydrogen) atoms. The second-order valence-electron chi connectivity index (χ2n) is 7.42. The lowest BCUT2D eigenvalue weighted by molar-refractivity contribution is -0.384. The van der Waals surface area contributed by atoms with Gasteiger partial charge in [0.1, 0.15) is 0 Å². The third-order valence-electron chi connectivity index (χ3n) is 5.30. The molecule has 2 aromatic heterocycles. The number of hydrazone groups is 1. The summed E-state index contributed by atoms with van der Waals surface area (Å²) in [4.78, 5) is 40.0. The highest BCUT2D eigenvalue weighted by molar-refractivity contribution is 5.81. The van der Waals surface area contributed by atoms with Crippen molar-refractivity contribution in [2.45, 2.75) is 13.0 Å². The monoisotopic (exact) mass is 447 g/mol. The molecule has 1 N–H and O–H groups in total. The van der Waals surface area contributed by atoms with E-state index in [1.807, 2.05) is 30.3 Å². The van der Waals surface area contributed by atoms with E-state index in [0.717, 1.165) is 10.1 Å². The summed E-state index contributed by atoms with van der Waals surface area (Å²) in [6.07, 6.45) is 2.13. The molecule has 0 amide bonds. The predicted octanol–water partition coefficient (Wildman–Crippen LogP) is 2.03. The van der Waals surface area contributed by atoms with Crippen LogP contribution in [0.15, 0.2) is 69.3 Å². The summed E-state index contributed by atoms with van der Waals surface area (Å²) in [6.45, 7) is 0.434. The Kier molecular flexibility index (Phi) is 5.85. The molecule has 0 atom stereocenters. The van der Waals surface area contributed by atoms with E-state index in [0.29, 0.717) is 30.0 Å². The maximum atomic E-state index is 12.9. The number of nitrogens with zero attached hydrogens (tertiary/aromatic N) is 6. The predicted molar refractivity (Wildman–Crippen MR) is 125 cm³/mol. The number of fused-ring (bicyclic) bond motifs is 1. The Morgan fingerprint density at radius 2 is 1.76 bits per heavy atom. The summed E-state index contributed by atoms with van der Waals surface area (Å²) >= 11 is 0. The number of nitro benzene ring substituents is 1. The molecule has 2 aromatic carbocycles. The van der Waals surface area contributed by atoms with Gasteiger partial charge >= 0.3 is 5.69 Å². The molecule has 0 fully saturated rings. The van der Waals surface area contributed by atoms with Crippen LogP contribution < -0.4 is 16.7 Å².